The average molecular weight is 393 g/mol. The summed E-state index contributed by atoms with van der Waals surface area (Å²) in [6, 6.07) is 7.01. The van der Waals surface area contributed by atoms with E-state index in [2.05, 4.69) is 10.2 Å². The van der Waals surface area contributed by atoms with Gasteiger partial charge in [0.15, 0.2) is 9.84 Å². The Kier molecular flexibility index (Phi) is 5.79. The molecule has 9 heteroatoms. The van der Waals surface area contributed by atoms with Gasteiger partial charge in [0.2, 0.25) is 17.7 Å². The molecular formula is C18H23N3O5S. The number of nitrogens with zero attached hydrogens (tertiary/aromatic N) is 3. The minimum atomic E-state index is -3.03. The number of carbonyl (C=O) groups is 1. The van der Waals surface area contributed by atoms with Gasteiger partial charge >= 0.3 is 0 Å². The summed E-state index contributed by atoms with van der Waals surface area (Å²) >= 11 is 0. The van der Waals surface area contributed by atoms with Crippen LogP contribution in [0.15, 0.2) is 28.7 Å². The fourth-order valence-corrected chi connectivity index (χ4v) is 4.95. The van der Waals surface area contributed by atoms with Crippen LogP contribution >= 0.6 is 0 Å². The molecule has 2 heterocycles. The molecule has 0 saturated carbocycles. The zero-order chi connectivity index (χ0) is 19.4. The van der Waals surface area contributed by atoms with E-state index < -0.39 is 9.84 Å². The summed E-state index contributed by atoms with van der Waals surface area (Å²) in [6.45, 7) is 2.34. The molecule has 1 aliphatic heterocycles. The second-order valence-electron chi connectivity index (χ2n) is 6.47. The van der Waals surface area contributed by atoms with E-state index in [1.807, 2.05) is 19.1 Å². The predicted octanol–water partition coefficient (Wildman–Crippen LogP) is 1.71. The number of rotatable bonds is 7. The maximum Gasteiger partial charge on any atom is 0.247 e. The van der Waals surface area contributed by atoms with Crippen LogP contribution in [0.25, 0.3) is 11.5 Å². The largest absolute Gasteiger partial charge is 0.497 e. The highest BCUT2D eigenvalue weighted by molar-refractivity contribution is 7.91. The average Bonchev–Trinajstić information content (AvgIpc) is 3.27. The first kappa shape index (κ1) is 19.3. The van der Waals surface area contributed by atoms with Crippen LogP contribution < -0.4 is 4.74 Å². The third-order valence-electron chi connectivity index (χ3n) is 4.67. The molecule has 1 fully saturated rings. The van der Waals surface area contributed by atoms with Crippen LogP contribution in [0.5, 0.6) is 5.75 Å². The normalized spacial score (nSPS) is 18.4. The molecule has 0 aliphatic carbocycles. The monoisotopic (exact) mass is 393 g/mol. The van der Waals surface area contributed by atoms with Gasteiger partial charge in [-0.3, -0.25) is 4.79 Å². The number of benzene rings is 1. The smallest absolute Gasteiger partial charge is 0.247 e. The SMILES string of the molecule is CCN(C(=O)CCc1nnc(-c2ccc(OC)cc2)o1)C1CCS(=O)(=O)C1. The number of methoxy groups -OCH3 is 1. The minimum absolute atomic E-state index is 0.0504. The summed E-state index contributed by atoms with van der Waals surface area (Å²) in [5.74, 6) is 1.60. The first-order valence-electron chi connectivity index (χ1n) is 8.88. The number of amides is 1. The Labute approximate surface area is 158 Å². The van der Waals surface area contributed by atoms with Gasteiger partial charge in [-0.1, -0.05) is 0 Å². The topological polar surface area (TPSA) is 103 Å². The molecular weight excluding hydrogens is 370 g/mol. The number of ether oxygens (including phenoxy) is 1. The number of sulfone groups is 1. The molecule has 3 rings (SSSR count). The standard InChI is InChI=1S/C18H23N3O5S/c1-3-21(14-10-11-27(23,24)12-14)17(22)9-8-16-19-20-18(26-16)13-4-6-15(25-2)7-5-13/h4-7,14H,3,8-12H2,1-2H3. The molecule has 0 spiro atoms. The third kappa shape index (κ3) is 4.65. The number of hydrogen-bond donors (Lipinski definition) is 0. The highest BCUT2D eigenvalue weighted by atomic mass is 32.2. The third-order valence-corrected chi connectivity index (χ3v) is 6.42. The number of aromatic nitrogens is 2. The molecule has 8 nitrogen and oxygen atoms in total. The molecule has 2 aromatic rings. The van der Waals surface area contributed by atoms with E-state index in [0.29, 0.717) is 31.2 Å². The summed E-state index contributed by atoms with van der Waals surface area (Å²) in [4.78, 5) is 14.2. The summed E-state index contributed by atoms with van der Waals surface area (Å²) in [5.41, 5.74) is 0.771. The van der Waals surface area contributed by atoms with Gasteiger partial charge in [0.05, 0.1) is 18.6 Å². The molecule has 27 heavy (non-hydrogen) atoms. The van der Waals surface area contributed by atoms with Crippen molar-refractivity contribution in [3.63, 3.8) is 0 Å². The van der Waals surface area contributed by atoms with Crippen molar-refractivity contribution in [2.45, 2.75) is 32.2 Å². The van der Waals surface area contributed by atoms with Crippen LogP contribution in [0.2, 0.25) is 0 Å². The molecule has 1 aliphatic rings. The van der Waals surface area contributed by atoms with E-state index in [1.165, 1.54) is 0 Å². The predicted molar refractivity (Wildman–Crippen MR) is 99.1 cm³/mol. The Hall–Kier alpha value is -2.42. The van der Waals surface area contributed by atoms with Crippen molar-refractivity contribution in [1.29, 1.82) is 0 Å². The van der Waals surface area contributed by atoms with E-state index in [-0.39, 0.29) is 29.9 Å². The summed E-state index contributed by atoms with van der Waals surface area (Å²) < 4.78 is 34.1. The van der Waals surface area contributed by atoms with Crippen LogP contribution in [0.1, 0.15) is 25.7 Å². The highest BCUT2D eigenvalue weighted by Gasteiger charge is 2.33. The highest BCUT2D eigenvalue weighted by Crippen LogP contribution is 2.22. The molecule has 1 unspecified atom stereocenters. The molecule has 1 saturated heterocycles. The van der Waals surface area contributed by atoms with Gasteiger partial charge in [-0.15, -0.1) is 10.2 Å². The summed E-state index contributed by atoms with van der Waals surface area (Å²) in [5, 5.41) is 8.02. The van der Waals surface area contributed by atoms with Crippen molar-refractivity contribution < 1.29 is 22.4 Å². The van der Waals surface area contributed by atoms with Crippen molar-refractivity contribution in [3.8, 4) is 17.2 Å². The van der Waals surface area contributed by atoms with Crippen molar-refractivity contribution in [3.05, 3.63) is 30.2 Å². The molecule has 0 N–H and O–H groups in total. The van der Waals surface area contributed by atoms with E-state index in [1.54, 1.807) is 24.1 Å². The lowest BCUT2D eigenvalue weighted by Gasteiger charge is -2.26. The van der Waals surface area contributed by atoms with Crippen LogP contribution in [0.3, 0.4) is 0 Å². The number of hydrogen-bond acceptors (Lipinski definition) is 7. The van der Waals surface area contributed by atoms with Gasteiger partial charge in [0.25, 0.3) is 0 Å². The number of aryl methyl sites for hydroxylation is 1. The van der Waals surface area contributed by atoms with Crippen molar-refractivity contribution >= 4 is 15.7 Å². The van der Waals surface area contributed by atoms with E-state index in [9.17, 15) is 13.2 Å². The van der Waals surface area contributed by atoms with Crippen molar-refractivity contribution in [1.82, 2.24) is 15.1 Å². The molecule has 1 aromatic heterocycles. The zero-order valence-electron chi connectivity index (χ0n) is 15.4. The van der Waals surface area contributed by atoms with Crippen LogP contribution in [0.4, 0.5) is 0 Å². The van der Waals surface area contributed by atoms with Gasteiger partial charge < -0.3 is 14.1 Å². The van der Waals surface area contributed by atoms with Crippen molar-refractivity contribution in [2.75, 3.05) is 25.2 Å². The molecule has 1 aromatic carbocycles. The van der Waals surface area contributed by atoms with Gasteiger partial charge in [0.1, 0.15) is 5.75 Å². The Balaban J connectivity index is 1.59. The van der Waals surface area contributed by atoms with Crippen molar-refractivity contribution in [2.24, 2.45) is 0 Å². The minimum Gasteiger partial charge on any atom is -0.497 e. The van der Waals surface area contributed by atoms with Crippen LogP contribution in [0, 0.1) is 0 Å². The Morgan fingerprint density at radius 1 is 1.30 bits per heavy atom. The second-order valence-corrected chi connectivity index (χ2v) is 8.69. The second kappa shape index (κ2) is 8.08. The Morgan fingerprint density at radius 2 is 2.04 bits per heavy atom. The fraction of sp³-hybridized carbons (Fsp3) is 0.500. The van der Waals surface area contributed by atoms with Gasteiger partial charge in [-0.25, -0.2) is 8.42 Å². The fourth-order valence-electron chi connectivity index (χ4n) is 3.22. The van der Waals surface area contributed by atoms with Gasteiger partial charge in [-0.2, -0.15) is 0 Å². The van der Waals surface area contributed by atoms with E-state index >= 15 is 0 Å². The quantitative estimate of drug-likeness (QED) is 0.705. The Bertz CT molecular complexity index is 892. The van der Waals surface area contributed by atoms with E-state index in [0.717, 1.165) is 11.3 Å². The van der Waals surface area contributed by atoms with Gasteiger partial charge in [-0.05, 0) is 37.6 Å². The maximum atomic E-state index is 12.5. The van der Waals surface area contributed by atoms with Crippen LogP contribution in [-0.4, -0.2) is 60.6 Å². The lowest BCUT2D eigenvalue weighted by molar-refractivity contribution is -0.132. The van der Waals surface area contributed by atoms with E-state index in [4.69, 9.17) is 9.15 Å². The maximum absolute atomic E-state index is 12.5. The first-order chi connectivity index (χ1) is 12.9. The zero-order valence-corrected chi connectivity index (χ0v) is 16.2. The molecule has 1 atom stereocenters. The summed E-state index contributed by atoms with van der Waals surface area (Å²) in [6.07, 6.45) is 1.02. The first-order valence-corrected chi connectivity index (χ1v) is 10.7. The molecule has 0 bridgehead atoms. The molecule has 0 radical (unpaired) electrons. The Morgan fingerprint density at radius 3 is 2.63 bits per heavy atom. The lowest BCUT2D eigenvalue weighted by Crippen LogP contribution is -2.41. The molecule has 1 amide bonds. The number of carbonyl (C=O) groups excluding carboxylic acids is 1. The lowest BCUT2D eigenvalue weighted by atomic mass is 10.2. The molecule has 146 valence electrons. The van der Waals surface area contributed by atoms with Crippen LogP contribution in [-0.2, 0) is 21.1 Å². The summed E-state index contributed by atoms with van der Waals surface area (Å²) in [7, 11) is -1.43. The van der Waals surface area contributed by atoms with Gasteiger partial charge in [0, 0.05) is 31.0 Å².